The van der Waals surface area contributed by atoms with Gasteiger partial charge in [0.2, 0.25) is 65.0 Å². The minimum Gasteiger partial charge on any atom is -0.390 e. The highest BCUT2D eigenvalue weighted by Gasteiger charge is 2.45. The van der Waals surface area contributed by atoms with Crippen molar-refractivity contribution < 1.29 is 57.8 Å². The van der Waals surface area contributed by atoms with Gasteiger partial charge in [-0.2, -0.15) is 0 Å². The fourth-order valence-electron chi connectivity index (χ4n) is 10.6. The van der Waals surface area contributed by atoms with Crippen molar-refractivity contribution in [3.8, 4) is 0 Å². The van der Waals surface area contributed by atoms with Crippen molar-refractivity contribution >= 4 is 65.0 Å². The van der Waals surface area contributed by atoms with Crippen LogP contribution in [0.2, 0.25) is 0 Å². The second-order valence-corrected chi connectivity index (χ2v) is 25.8. The first-order valence-corrected chi connectivity index (χ1v) is 30.1. The third-order valence-electron chi connectivity index (χ3n) is 15.9. The zero-order valence-electron chi connectivity index (χ0n) is 55.4. The van der Waals surface area contributed by atoms with Gasteiger partial charge in [0.05, 0.1) is 12.6 Å². The molecule has 0 unspecified atom stereocenters. The van der Waals surface area contributed by atoms with Crippen LogP contribution in [0.4, 0.5) is 0 Å². The van der Waals surface area contributed by atoms with Crippen LogP contribution >= 0.6 is 0 Å². The minimum absolute atomic E-state index is 0.0208. The summed E-state index contributed by atoms with van der Waals surface area (Å²) in [6.45, 7) is 27.7. The maximum absolute atomic E-state index is 15.1. The van der Waals surface area contributed by atoms with E-state index in [0.29, 0.717) is 0 Å². The molecule has 11 amide bonds. The van der Waals surface area contributed by atoms with Gasteiger partial charge in [-0.1, -0.05) is 96.9 Å². The van der Waals surface area contributed by atoms with Gasteiger partial charge in [-0.25, -0.2) is 0 Å². The van der Waals surface area contributed by atoms with Crippen LogP contribution < -0.4 is 26.6 Å². The number of likely N-dealkylation sites (N-methyl/N-ethyl adjacent to an activating group) is 7. The van der Waals surface area contributed by atoms with Gasteiger partial charge in [-0.05, 0) is 101 Å². The molecular weight excluding hydrogens is 1080 g/mol. The van der Waals surface area contributed by atoms with Gasteiger partial charge in [0.1, 0.15) is 60.4 Å². The van der Waals surface area contributed by atoms with Crippen molar-refractivity contribution in [1.82, 2.24) is 60.9 Å². The first-order chi connectivity index (χ1) is 38.7. The lowest BCUT2D eigenvalue weighted by atomic mass is 9.93. The Hall–Kier alpha value is -5.91. The normalized spacial score (nSPS) is 27.0. The van der Waals surface area contributed by atoms with Crippen molar-refractivity contribution in [2.24, 2.45) is 41.4 Å². The molecule has 0 saturated carbocycles. The Morgan fingerprint density at radius 1 is 0.452 bits per heavy atom. The van der Waals surface area contributed by atoms with Crippen molar-refractivity contribution in [3.63, 3.8) is 0 Å². The first-order valence-electron chi connectivity index (χ1n) is 30.1. The van der Waals surface area contributed by atoms with Gasteiger partial charge in [-0.15, -0.1) is 0 Å². The average Bonchev–Trinajstić information content (AvgIpc) is 2.71. The number of carbonyl (C=O) groups is 11. The molecule has 24 heteroatoms. The fraction of sp³-hybridized carbons (Fsp3) is 0.817. The lowest BCUT2D eigenvalue weighted by Gasteiger charge is -2.41. The summed E-state index contributed by atoms with van der Waals surface area (Å²) in [5.74, 6) is -9.76. The summed E-state index contributed by atoms with van der Waals surface area (Å²) in [5.41, 5.74) is 0. The smallest absolute Gasteiger partial charge is 0.246 e. The van der Waals surface area contributed by atoms with E-state index in [0.717, 1.165) is 9.80 Å². The molecule has 0 aromatic carbocycles. The molecule has 6 N–H and O–H groups in total. The van der Waals surface area contributed by atoms with Crippen LogP contribution in [0.25, 0.3) is 0 Å². The summed E-state index contributed by atoms with van der Waals surface area (Å²) >= 11 is 0. The van der Waals surface area contributed by atoms with Gasteiger partial charge in [0.15, 0.2) is 0 Å². The van der Waals surface area contributed by atoms with Gasteiger partial charge >= 0.3 is 0 Å². The van der Waals surface area contributed by atoms with Crippen molar-refractivity contribution in [1.29, 1.82) is 0 Å². The largest absolute Gasteiger partial charge is 0.390 e. The molecule has 1 rings (SSSR count). The van der Waals surface area contributed by atoms with Crippen LogP contribution in [0, 0.1) is 41.4 Å². The molecule has 24 nitrogen and oxygen atoms in total. The molecule has 12 atom stereocenters. The number of nitrogens with one attached hydrogen (secondary N) is 5. The summed E-state index contributed by atoms with van der Waals surface area (Å²) in [6.07, 6.45) is -0.876. The van der Waals surface area contributed by atoms with E-state index >= 15 is 9.59 Å². The highest BCUT2D eigenvalue weighted by Crippen LogP contribution is 2.25. The standard InChI is InChI=1S/C60H110N12O12/c1-25-41-56(80)66(18)31-46(73)67(19)42(26-32(2)3)53(77)65-47(36(10)11)59(83)68(20)43(27-33(4)5)52(76)62-39(15)51(75)63-40(16)55(79)69(21)44(28-34(6)7)57(81)70(22)45(29-35(8)9)58(82)71(23)48(37(12)13)60(84)72(24)49(54(78)64-41)50(74)38(14)30-61-17/h32-45,47-50,61,74H,25-31H2,1-24H3,(H,62,76)(H,63,75)(H,64,78)(H,65,77)/t38-,39+,40-,41+,42+,43+,44+,45+,47+,48+,49+,50-/m1/s1. The summed E-state index contributed by atoms with van der Waals surface area (Å²) < 4.78 is 0. The molecule has 84 heavy (non-hydrogen) atoms. The van der Waals surface area contributed by atoms with E-state index in [-0.39, 0.29) is 62.3 Å². The maximum atomic E-state index is 15.1. The minimum atomic E-state index is -1.62. The Bertz CT molecular complexity index is 2260. The molecular formula is C60H110N12O12. The number of nitrogens with zero attached hydrogens (tertiary/aromatic N) is 7. The second-order valence-electron chi connectivity index (χ2n) is 25.8. The SMILES string of the molecule is CC[C@@H]1NC(=O)[C@H]([C@H](O)[C@H](C)CNC)N(C)C(=O)[C@H](C(C)C)N(C)C(=O)[C@H](CC(C)C)N(C)C(=O)[C@H](CC(C)C)N(C)C(=O)[C@@H](C)NC(=O)[C@H](C)NC(=O)[C@H](CC(C)C)N(C)C(=O)[C@H](C(C)C)NC(=O)[C@H](CC(C)C)N(C)C(=O)CN(C)C1=O. The van der Waals surface area contributed by atoms with E-state index < -0.39 is 156 Å². The van der Waals surface area contributed by atoms with Crippen LogP contribution in [0.3, 0.4) is 0 Å². The van der Waals surface area contributed by atoms with Crippen molar-refractivity contribution in [2.45, 2.75) is 209 Å². The predicted octanol–water partition coefficient (Wildman–Crippen LogP) is 1.52. The molecule has 1 aliphatic rings. The monoisotopic (exact) mass is 1190 g/mol. The Balaban J connectivity index is 4.30. The van der Waals surface area contributed by atoms with Gasteiger partial charge in [0.25, 0.3) is 0 Å². The molecule has 482 valence electrons. The average molecular weight is 1190 g/mol. The number of aliphatic hydroxyl groups is 1. The molecule has 0 aromatic heterocycles. The highest BCUT2D eigenvalue weighted by atomic mass is 16.3. The second kappa shape index (κ2) is 34.3. The number of hydrogen-bond acceptors (Lipinski definition) is 13. The number of amides is 11. The van der Waals surface area contributed by atoms with E-state index in [1.807, 2.05) is 55.4 Å². The van der Waals surface area contributed by atoms with E-state index in [9.17, 15) is 48.3 Å². The van der Waals surface area contributed by atoms with E-state index in [4.69, 9.17) is 0 Å². The van der Waals surface area contributed by atoms with Crippen LogP contribution in [-0.2, 0) is 52.7 Å². The predicted molar refractivity (Wildman–Crippen MR) is 323 cm³/mol. The van der Waals surface area contributed by atoms with Crippen LogP contribution in [0.5, 0.6) is 0 Å². The molecule has 1 fully saturated rings. The third kappa shape index (κ3) is 21.0. The molecule has 1 heterocycles. The maximum Gasteiger partial charge on any atom is 0.246 e. The summed E-state index contributed by atoms with van der Waals surface area (Å²) in [4.78, 5) is 168. The molecule has 0 aliphatic carbocycles. The summed E-state index contributed by atoms with van der Waals surface area (Å²) in [5, 5.41) is 25.9. The summed E-state index contributed by atoms with van der Waals surface area (Å²) in [6, 6.07) is -12.3. The number of rotatable bonds is 15. The van der Waals surface area contributed by atoms with Crippen molar-refractivity contribution in [3.05, 3.63) is 0 Å². The fourth-order valence-corrected chi connectivity index (χ4v) is 10.6. The zero-order chi connectivity index (χ0) is 65.3. The topological polar surface area (TPSA) is 291 Å². The molecule has 1 saturated heterocycles. The Labute approximate surface area is 502 Å². The number of carbonyl (C=O) groups excluding carboxylic acids is 11. The van der Waals surface area contributed by atoms with Crippen LogP contribution in [0.1, 0.15) is 143 Å². The van der Waals surface area contributed by atoms with E-state index in [1.165, 1.54) is 87.7 Å². The van der Waals surface area contributed by atoms with Gasteiger partial charge in [0, 0.05) is 49.3 Å². The number of aliphatic hydroxyl groups excluding tert-OH is 1. The quantitative estimate of drug-likeness (QED) is 0.136. The Kier molecular flexibility index (Phi) is 31.1. The van der Waals surface area contributed by atoms with E-state index in [2.05, 4.69) is 26.6 Å². The third-order valence-corrected chi connectivity index (χ3v) is 15.9. The first kappa shape index (κ1) is 76.1. The number of hydrogen-bond donors (Lipinski definition) is 6. The van der Waals surface area contributed by atoms with Crippen molar-refractivity contribution in [2.75, 3.05) is 69.5 Å². The molecule has 0 spiro atoms. The highest BCUT2D eigenvalue weighted by molar-refractivity contribution is 5.99. The van der Waals surface area contributed by atoms with Gasteiger partial charge < -0.3 is 66.0 Å². The summed E-state index contributed by atoms with van der Waals surface area (Å²) in [7, 11) is 11.5. The van der Waals surface area contributed by atoms with Crippen LogP contribution in [0.15, 0.2) is 0 Å². The lowest BCUT2D eigenvalue weighted by Crippen LogP contribution is -2.64. The van der Waals surface area contributed by atoms with E-state index in [1.54, 1.807) is 48.6 Å². The Morgan fingerprint density at radius 2 is 0.857 bits per heavy atom. The van der Waals surface area contributed by atoms with Gasteiger partial charge in [-0.3, -0.25) is 52.7 Å². The zero-order valence-corrected chi connectivity index (χ0v) is 55.4. The molecule has 0 bridgehead atoms. The lowest BCUT2D eigenvalue weighted by molar-refractivity contribution is -0.157. The Morgan fingerprint density at radius 3 is 1.30 bits per heavy atom. The molecule has 0 aromatic rings. The molecule has 0 radical (unpaired) electrons. The van der Waals surface area contributed by atoms with Crippen LogP contribution in [-0.4, -0.2) is 240 Å². The molecule has 1 aliphatic heterocycles.